The van der Waals surface area contributed by atoms with Gasteiger partial charge in [0, 0.05) is 23.2 Å². The van der Waals surface area contributed by atoms with Crippen LogP contribution in [0.4, 0.5) is 5.69 Å². The molecule has 116 valence electrons. The number of amidine groups is 1. The average Bonchev–Trinajstić information content (AvgIpc) is 2.53. The van der Waals surface area contributed by atoms with Crippen molar-refractivity contribution in [1.82, 2.24) is 0 Å². The molecule has 0 amide bonds. The number of nitrogens with two attached hydrogens (primary N) is 1. The molecular weight excluding hydrogens is 290 g/mol. The Morgan fingerprint density at radius 1 is 1.57 bits per heavy atom. The van der Waals surface area contributed by atoms with Gasteiger partial charge in [-0.2, -0.15) is 0 Å². The van der Waals surface area contributed by atoms with Gasteiger partial charge in [-0.3, -0.25) is 0 Å². The Labute approximate surface area is 128 Å². The van der Waals surface area contributed by atoms with Crippen molar-refractivity contribution < 1.29 is 15.1 Å². The van der Waals surface area contributed by atoms with Crippen molar-refractivity contribution in [3.05, 3.63) is 23.8 Å². The van der Waals surface area contributed by atoms with E-state index in [1.54, 1.807) is 11.8 Å². The summed E-state index contributed by atoms with van der Waals surface area (Å²) in [6, 6.07) is 5.99. The van der Waals surface area contributed by atoms with Crippen LogP contribution < -0.4 is 10.6 Å². The maximum absolute atomic E-state index is 9.32. The van der Waals surface area contributed by atoms with E-state index in [4.69, 9.17) is 15.7 Å². The molecule has 1 heterocycles. The molecule has 2 rings (SSSR count). The Morgan fingerprint density at radius 2 is 2.33 bits per heavy atom. The fourth-order valence-corrected chi connectivity index (χ4v) is 3.13. The van der Waals surface area contributed by atoms with Gasteiger partial charge in [-0.05, 0) is 25.3 Å². The first kappa shape index (κ1) is 15.9. The maximum Gasteiger partial charge on any atom is 0.173 e. The zero-order valence-corrected chi connectivity index (χ0v) is 13.0. The molecule has 0 aromatic heterocycles. The number of nitrogens with zero attached hydrogens (tertiary/aromatic N) is 2. The second-order valence-corrected chi connectivity index (χ2v) is 5.83. The zero-order chi connectivity index (χ0) is 15.4. The largest absolute Gasteiger partial charge is 0.409 e. The Morgan fingerprint density at radius 3 is 2.95 bits per heavy atom. The minimum absolute atomic E-state index is 0.0235. The van der Waals surface area contributed by atoms with Gasteiger partial charge in [0.25, 0.3) is 0 Å². The molecule has 0 aliphatic carbocycles. The van der Waals surface area contributed by atoms with Crippen LogP contribution in [0.3, 0.4) is 0 Å². The Kier molecular flexibility index (Phi) is 5.33. The number of hydrogen-bond donors (Lipinski definition) is 3. The lowest BCUT2D eigenvalue weighted by Crippen LogP contribution is -2.50. The van der Waals surface area contributed by atoms with E-state index in [9.17, 15) is 5.11 Å². The minimum atomic E-state index is -0.223. The Bertz CT molecular complexity index is 524. The first-order chi connectivity index (χ1) is 10.1. The number of ether oxygens (including phenoxy) is 1. The average molecular weight is 311 g/mol. The third-order valence-electron chi connectivity index (χ3n) is 3.61. The van der Waals surface area contributed by atoms with E-state index in [1.165, 1.54) is 0 Å². The SMILES string of the molecule is CSc1cccc(N2CC(CO)OCC2C)c1/C(N)=N/O. The lowest BCUT2D eigenvalue weighted by Gasteiger charge is -2.40. The summed E-state index contributed by atoms with van der Waals surface area (Å²) in [6.45, 7) is 3.13. The maximum atomic E-state index is 9.32. The normalized spacial score (nSPS) is 23.4. The molecule has 6 nitrogen and oxygen atoms in total. The standard InChI is InChI=1S/C14H21N3O3S/c1-9-8-20-10(7-18)6-17(9)11-4-3-5-12(21-2)13(11)14(15)16-19/h3-5,9-10,18-19H,6-8H2,1-2H3,(H2,15,16). The van der Waals surface area contributed by atoms with Crippen molar-refractivity contribution in [2.45, 2.75) is 24.0 Å². The summed E-state index contributed by atoms with van der Waals surface area (Å²) >= 11 is 1.55. The van der Waals surface area contributed by atoms with E-state index in [2.05, 4.69) is 17.0 Å². The van der Waals surface area contributed by atoms with E-state index >= 15 is 0 Å². The summed E-state index contributed by atoms with van der Waals surface area (Å²) < 4.78 is 5.57. The zero-order valence-electron chi connectivity index (χ0n) is 12.2. The fourth-order valence-electron chi connectivity index (χ4n) is 2.50. The second-order valence-electron chi connectivity index (χ2n) is 4.98. The summed E-state index contributed by atoms with van der Waals surface area (Å²) in [4.78, 5) is 3.08. The van der Waals surface area contributed by atoms with Gasteiger partial charge in [0.05, 0.1) is 24.9 Å². The molecule has 4 N–H and O–H groups in total. The lowest BCUT2D eigenvalue weighted by atomic mass is 10.1. The van der Waals surface area contributed by atoms with Gasteiger partial charge in [0.15, 0.2) is 5.84 Å². The van der Waals surface area contributed by atoms with Crippen LogP contribution in [-0.4, -0.2) is 54.3 Å². The van der Waals surface area contributed by atoms with E-state index in [0.717, 1.165) is 16.1 Å². The number of hydrogen-bond acceptors (Lipinski definition) is 6. The minimum Gasteiger partial charge on any atom is -0.409 e. The van der Waals surface area contributed by atoms with Crippen LogP contribution in [-0.2, 0) is 4.74 Å². The van der Waals surface area contributed by atoms with Gasteiger partial charge < -0.3 is 25.7 Å². The number of thioether (sulfide) groups is 1. The Balaban J connectivity index is 2.46. The van der Waals surface area contributed by atoms with E-state index < -0.39 is 0 Å². The van der Waals surface area contributed by atoms with E-state index in [-0.39, 0.29) is 24.6 Å². The first-order valence-corrected chi connectivity index (χ1v) is 7.98. The molecule has 7 heteroatoms. The van der Waals surface area contributed by atoms with Gasteiger partial charge in [0.2, 0.25) is 0 Å². The van der Waals surface area contributed by atoms with Crippen molar-refractivity contribution in [1.29, 1.82) is 0 Å². The number of anilines is 1. The molecule has 2 unspecified atom stereocenters. The molecule has 0 spiro atoms. The molecule has 21 heavy (non-hydrogen) atoms. The molecule has 0 radical (unpaired) electrons. The summed E-state index contributed by atoms with van der Waals surface area (Å²) in [6.07, 6.45) is 1.73. The molecule has 1 aromatic carbocycles. The third-order valence-corrected chi connectivity index (χ3v) is 4.39. The lowest BCUT2D eigenvalue weighted by molar-refractivity contribution is -0.0103. The molecule has 2 atom stereocenters. The topological polar surface area (TPSA) is 91.3 Å². The van der Waals surface area contributed by atoms with Crippen molar-refractivity contribution in [3.8, 4) is 0 Å². The van der Waals surface area contributed by atoms with Crippen LogP contribution in [0.5, 0.6) is 0 Å². The highest BCUT2D eigenvalue weighted by Gasteiger charge is 2.28. The molecule has 0 saturated carbocycles. The van der Waals surface area contributed by atoms with Gasteiger partial charge in [-0.25, -0.2) is 0 Å². The van der Waals surface area contributed by atoms with Crippen molar-refractivity contribution in [2.24, 2.45) is 10.9 Å². The van der Waals surface area contributed by atoms with Crippen LogP contribution in [0.1, 0.15) is 12.5 Å². The van der Waals surface area contributed by atoms with Crippen molar-refractivity contribution in [3.63, 3.8) is 0 Å². The predicted molar refractivity (Wildman–Crippen MR) is 84.4 cm³/mol. The Hall–Kier alpha value is -1.44. The number of oxime groups is 1. The van der Waals surface area contributed by atoms with Crippen molar-refractivity contribution in [2.75, 3.05) is 30.9 Å². The monoisotopic (exact) mass is 311 g/mol. The number of aliphatic hydroxyl groups is 1. The number of rotatable bonds is 4. The summed E-state index contributed by atoms with van der Waals surface area (Å²) in [5.74, 6) is 0.0918. The van der Waals surface area contributed by atoms with Crippen LogP contribution in [0.25, 0.3) is 0 Å². The summed E-state index contributed by atoms with van der Waals surface area (Å²) in [5, 5.41) is 21.5. The molecule has 1 saturated heterocycles. The molecule has 1 aliphatic rings. The van der Waals surface area contributed by atoms with Crippen LogP contribution in [0.2, 0.25) is 0 Å². The summed E-state index contributed by atoms with van der Waals surface area (Å²) in [7, 11) is 0. The highest BCUT2D eigenvalue weighted by molar-refractivity contribution is 7.98. The molecule has 1 aromatic rings. The van der Waals surface area contributed by atoms with Crippen LogP contribution >= 0.6 is 11.8 Å². The van der Waals surface area contributed by atoms with Crippen LogP contribution in [0, 0.1) is 0 Å². The van der Waals surface area contributed by atoms with Gasteiger partial charge in [-0.1, -0.05) is 11.2 Å². The number of aliphatic hydroxyl groups excluding tert-OH is 1. The number of morpholine rings is 1. The highest BCUT2D eigenvalue weighted by atomic mass is 32.2. The van der Waals surface area contributed by atoms with E-state index in [1.807, 2.05) is 24.5 Å². The van der Waals surface area contributed by atoms with Crippen LogP contribution in [0.15, 0.2) is 28.3 Å². The van der Waals surface area contributed by atoms with Gasteiger partial charge in [0.1, 0.15) is 0 Å². The quantitative estimate of drug-likeness (QED) is 0.253. The number of benzene rings is 1. The molecule has 1 fully saturated rings. The van der Waals surface area contributed by atoms with Gasteiger partial charge in [-0.15, -0.1) is 11.8 Å². The predicted octanol–water partition coefficient (Wildman–Crippen LogP) is 1.09. The third kappa shape index (κ3) is 3.25. The summed E-state index contributed by atoms with van der Waals surface area (Å²) in [5.41, 5.74) is 7.49. The first-order valence-electron chi connectivity index (χ1n) is 6.76. The van der Waals surface area contributed by atoms with Crippen molar-refractivity contribution >= 4 is 23.3 Å². The highest BCUT2D eigenvalue weighted by Crippen LogP contribution is 2.32. The second kappa shape index (κ2) is 7.02. The smallest absolute Gasteiger partial charge is 0.173 e. The molecule has 1 aliphatic heterocycles. The molecular formula is C14H21N3O3S. The fraction of sp³-hybridized carbons (Fsp3) is 0.500. The van der Waals surface area contributed by atoms with E-state index in [0.29, 0.717) is 13.2 Å². The van der Waals surface area contributed by atoms with Gasteiger partial charge >= 0.3 is 0 Å². The molecule has 0 bridgehead atoms.